The van der Waals surface area contributed by atoms with E-state index in [0.717, 1.165) is 23.1 Å². The summed E-state index contributed by atoms with van der Waals surface area (Å²) in [6.45, 7) is 4.32. The predicted molar refractivity (Wildman–Crippen MR) is 71.6 cm³/mol. The normalized spacial score (nSPS) is 20.6. The zero-order valence-corrected chi connectivity index (χ0v) is 11.8. The Morgan fingerprint density at radius 3 is 3.00 bits per heavy atom. The lowest BCUT2D eigenvalue weighted by molar-refractivity contribution is 0.0740. The van der Waals surface area contributed by atoms with E-state index in [-0.39, 0.29) is 11.9 Å². The van der Waals surface area contributed by atoms with E-state index in [2.05, 4.69) is 29.8 Å². The number of hydrogen-bond donors (Lipinski definition) is 0. The van der Waals surface area contributed by atoms with Crippen LogP contribution < -0.4 is 4.74 Å². The van der Waals surface area contributed by atoms with Crippen LogP contribution in [0.2, 0.25) is 0 Å². The highest BCUT2D eigenvalue weighted by Gasteiger charge is 2.29. The average molecular weight is 297 g/mol. The van der Waals surface area contributed by atoms with Gasteiger partial charge in [-0.25, -0.2) is 0 Å². The summed E-state index contributed by atoms with van der Waals surface area (Å²) in [6, 6.07) is 5.64. The first-order valence-corrected chi connectivity index (χ1v) is 6.90. The van der Waals surface area contributed by atoms with Crippen molar-refractivity contribution in [2.75, 3.05) is 0 Å². The summed E-state index contributed by atoms with van der Waals surface area (Å²) in [4.78, 5) is 12.1. The van der Waals surface area contributed by atoms with E-state index >= 15 is 0 Å². The van der Waals surface area contributed by atoms with E-state index in [0.29, 0.717) is 17.9 Å². The first kappa shape index (κ1) is 12.6. The molecule has 2 nitrogen and oxygen atoms in total. The number of ketones is 1. The number of Topliss-reactive ketones (excluding diaryl/α,β-unsaturated/α-hetero) is 1. The number of ether oxygens (including phenoxy) is 1. The molecular weight excluding hydrogens is 280 g/mol. The minimum absolute atomic E-state index is 0.0381. The van der Waals surface area contributed by atoms with E-state index in [9.17, 15) is 4.79 Å². The Bertz CT molecular complexity index is 428. The lowest BCUT2D eigenvalue weighted by atomic mass is 9.91. The van der Waals surface area contributed by atoms with Crippen molar-refractivity contribution in [1.29, 1.82) is 0 Å². The van der Waals surface area contributed by atoms with Crippen molar-refractivity contribution >= 4 is 21.7 Å². The van der Waals surface area contributed by atoms with Crippen LogP contribution in [-0.4, -0.2) is 11.9 Å². The van der Waals surface area contributed by atoms with E-state index in [1.165, 1.54) is 0 Å². The maximum absolute atomic E-state index is 12.1. The zero-order valence-electron chi connectivity index (χ0n) is 10.2. The Labute approximate surface area is 110 Å². The minimum atomic E-state index is 0.0381. The molecule has 0 amide bonds. The molecule has 1 aliphatic rings. The highest BCUT2D eigenvalue weighted by molar-refractivity contribution is 9.10. The van der Waals surface area contributed by atoms with Gasteiger partial charge in [0.15, 0.2) is 5.78 Å². The molecule has 1 aromatic carbocycles. The van der Waals surface area contributed by atoms with Gasteiger partial charge in [-0.3, -0.25) is 4.79 Å². The molecule has 2 rings (SSSR count). The predicted octanol–water partition coefficient (Wildman–Crippen LogP) is 4.22. The van der Waals surface area contributed by atoms with Crippen LogP contribution in [0.5, 0.6) is 5.75 Å². The third-order valence-electron chi connectivity index (χ3n) is 3.29. The summed E-state index contributed by atoms with van der Waals surface area (Å²) in [5.41, 5.74) is 0.708. The monoisotopic (exact) mass is 296 g/mol. The van der Waals surface area contributed by atoms with E-state index in [4.69, 9.17) is 4.74 Å². The summed E-state index contributed by atoms with van der Waals surface area (Å²) >= 11 is 3.38. The largest absolute Gasteiger partial charge is 0.489 e. The van der Waals surface area contributed by atoms with Gasteiger partial charge in [0.2, 0.25) is 0 Å². The fourth-order valence-corrected chi connectivity index (χ4v) is 2.64. The van der Waals surface area contributed by atoms with Crippen LogP contribution in [0, 0.1) is 5.92 Å². The summed E-state index contributed by atoms with van der Waals surface area (Å²) in [6.07, 6.45) is 2.77. The van der Waals surface area contributed by atoms with Crippen molar-refractivity contribution < 1.29 is 9.53 Å². The highest BCUT2D eigenvalue weighted by atomic mass is 79.9. The fraction of sp³-hybridized carbons (Fsp3) is 0.500. The molecular formula is C14H17BrO2. The molecule has 0 saturated heterocycles. The van der Waals surface area contributed by atoms with Crippen LogP contribution in [0.25, 0.3) is 0 Å². The quantitative estimate of drug-likeness (QED) is 0.835. The fourth-order valence-electron chi connectivity index (χ4n) is 2.28. The molecule has 17 heavy (non-hydrogen) atoms. The first-order valence-electron chi connectivity index (χ1n) is 6.11. The van der Waals surface area contributed by atoms with Gasteiger partial charge in [0.05, 0.1) is 5.56 Å². The molecule has 0 radical (unpaired) electrons. The summed E-state index contributed by atoms with van der Waals surface area (Å²) in [5.74, 6) is 1.36. The first-order chi connectivity index (χ1) is 8.11. The molecule has 0 spiro atoms. The molecule has 0 bridgehead atoms. The van der Waals surface area contributed by atoms with Crippen molar-refractivity contribution in [1.82, 2.24) is 0 Å². The number of fused-ring (bicyclic) bond motifs is 1. The Balaban J connectivity index is 2.21. The van der Waals surface area contributed by atoms with Gasteiger partial charge in [-0.15, -0.1) is 0 Å². The number of halogens is 1. The van der Waals surface area contributed by atoms with Gasteiger partial charge in [0.25, 0.3) is 0 Å². The lowest BCUT2D eigenvalue weighted by Crippen LogP contribution is -2.32. The molecule has 2 unspecified atom stereocenters. The number of hydrogen-bond acceptors (Lipinski definition) is 2. The lowest BCUT2D eigenvalue weighted by Gasteiger charge is -2.29. The van der Waals surface area contributed by atoms with Crippen molar-refractivity contribution in [3.8, 4) is 5.75 Å². The Hall–Kier alpha value is -0.830. The molecule has 0 N–H and O–H groups in total. The number of rotatable bonds is 3. The van der Waals surface area contributed by atoms with Gasteiger partial charge in [-0.2, -0.15) is 0 Å². The average Bonchev–Trinajstić information content (AvgIpc) is 2.30. The van der Waals surface area contributed by atoms with Crippen molar-refractivity contribution in [3.05, 3.63) is 28.2 Å². The van der Waals surface area contributed by atoms with Gasteiger partial charge >= 0.3 is 0 Å². The molecule has 2 atom stereocenters. The number of carbonyl (C=O) groups is 1. The van der Waals surface area contributed by atoms with Crippen LogP contribution >= 0.6 is 15.9 Å². The standard InChI is InChI=1S/C14H17BrO2/c1-3-4-9(2)14-8-12(16)11-7-10(15)5-6-13(11)17-14/h5-7,9,14H,3-4,8H2,1-2H3. The summed E-state index contributed by atoms with van der Waals surface area (Å²) in [5, 5.41) is 0. The molecule has 92 valence electrons. The topological polar surface area (TPSA) is 26.3 Å². The van der Waals surface area contributed by atoms with Crippen LogP contribution in [0.4, 0.5) is 0 Å². The van der Waals surface area contributed by atoms with Crippen LogP contribution in [0.15, 0.2) is 22.7 Å². The summed E-state index contributed by atoms with van der Waals surface area (Å²) < 4.78 is 6.85. The molecule has 1 heterocycles. The number of carbonyl (C=O) groups excluding carboxylic acids is 1. The van der Waals surface area contributed by atoms with Gasteiger partial charge in [-0.05, 0) is 30.5 Å². The smallest absolute Gasteiger partial charge is 0.170 e. The maximum Gasteiger partial charge on any atom is 0.170 e. The molecule has 0 aliphatic carbocycles. The molecule has 1 aliphatic heterocycles. The second-order valence-corrected chi connectivity index (χ2v) is 5.61. The van der Waals surface area contributed by atoms with Gasteiger partial charge in [-0.1, -0.05) is 36.2 Å². The van der Waals surface area contributed by atoms with Crippen LogP contribution in [0.1, 0.15) is 43.5 Å². The van der Waals surface area contributed by atoms with Crippen LogP contribution in [-0.2, 0) is 0 Å². The third kappa shape index (κ3) is 2.71. The Morgan fingerprint density at radius 1 is 1.53 bits per heavy atom. The van der Waals surface area contributed by atoms with Gasteiger partial charge in [0.1, 0.15) is 11.9 Å². The SMILES string of the molecule is CCCC(C)C1CC(=O)c2cc(Br)ccc2O1. The third-order valence-corrected chi connectivity index (χ3v) is 3.78. The van der Waals surface area contributed by atoms with Crippen molar-refractivity contribution in [2.45, 2.75) is 39.2 Å². The summed E-state index contributed by atoms with van der Waals surface area (Å²) in [7, 11) is 0. The van der Waals surface area contributed by atoms with E-state index in [1.54, 1.807) is 0 Å². The van der Waals surface area contributed by atoms with Gasteiger partial charge in [0, 0.05) is 10.9 Å². The molecule has 0 fully saturated rings. The zero-order chi connectivity index (χ0) is 12.4. The van der Waals surface area contributed by atoms with E-state index < -0.39 is 0 Å². The van der Waals surface area contributed by atoms with Crippen molar-refractivity contribution in [3.63, 3.8) is 0 Å². The minimum Gasteiger partial charge on any atom is -0.489 e. The highest BCUT2D eigenvalue weighted by Crippen LogP contribution is 2.33. The maximum atomic E-state index is 12.1. The van der Waals surface area contributed by atoms with Crippen molar-refractivity contribution in [2.24, 2.45) is 5.92 Å². The van der Waals surface area contributed by atoms with E-state index in [1.807, 2.05) is 18.2 Å². The second-order valence-electron chi connectivity index (χ2n) is 4.69. The molecule has 3 heteroatoms. The molecule has 1 aromatic rings. The van der Waals surface area contributed by atoms with Crippen LogP contribution in [0.3, 0.4) is 0 Å². The number of benzene rings is 1. The Morgan fingerprint density at radius 2 is 2.29 bits per heavy atom. The van der Waals surface area contributed by atoms with Gasteiger partial charge < -0.3 is 4.74 Å². The Kier molecular flexibility index (Phi) is 3.87. The molecule has 0 aromatic heterocycles. The molecule has 0 saturated carbocycles. The second kappa shape index (κ2) is 5.21.